The number of carboxylic acid groups (broad SMARTS) is 1. The summed E-state index contributed by atoms with van der Waals surface area (Å²) in [7, 11) is 1.66. The third-order valence-electron chi connectivity index (χ3n) is 1.87. The van der Waals surface area contributed by atoms with Crippen LogP contribution in [0.5, 0.6) is 0 Å². The highest BCUT2D eigenvalue weighted by Gasteiger charge is 2.16. The Balaban J connectivity index is 2.85. The molecule has 0 saturated heterocycles. The van der Waals surface area contributed by atoms with Crippen molar-refractivity contribution in [2.24, 2.45) is 7.05 Å². The van der Waals surface area contributed by atoms with Gasteiger partial charge in [-0.05, 0) is 12.1 Å². The number of hydrogen-bond acceptors (Lipinski definition) is 3. The Hall–Kier alpha value is -1.62. The minimum absolute atomic E-state index is 0.0787. The SMILES string of the molecule is Cn1nc(C(=O)O)c2nc(Cl)ccc21. The van der Waals surface area contributed by atoms with Crippen molar-refractivity contribution >= 4 is 28.6 Å². The van der Waals surface area contributed by atoms with E-state index in [2.05, 4.69) is 10.1 Å². The Bertz CT molecular complexity index is 521. The van der Waals surface area contributed by atoms with E-state index in [0.717, 1.165) is 0 Å². The van der Waals surface area contributed by atoms with Crippen LogP contribution in [0.3, 0.4) is 0 Å². The molecule has 0 saturated carbocycles. The summed E-state index contributed by atoms with van der Waals surface area (Å²) in [5, 5.41) is 12.9. The number of aromatic carboxylic acids is 1. The number of pyridine rings is 1. The number of aryl methyl sites for hydroxylation is 1. The molecular formula is C8H6ClN3O2. The Kier molecular flexibility index (Phi) is 1.89. The van der Waals surface area contributed by atoms with Crippen molar-refractivity contribution in [3.05, 3.63) is 23.0 Å². The standard InChI is InChI=1S/C8H6ClN3O2/c1-12-4-2-3-5(9)10-6(4)7(11-12)8(13)14/h2-3H,1H3,(H,13,14). The number of fused-ring (bicyclic) bond motifs is 1. The van der Waals surface area contributed by atoms with Gasteiger partial charge in [0.2, 0.25) is 0 Å². The number of hydrogen-bond donors (Lipinski definition) is 1. The predicted octanol–water partition coefficient (Wildman–Crippen LogP) is 1.32. The van der Waals surface area contributed by atoms with Gasteiger partial charge in [-0.1, -0.05) is 11.6 Å². The summed E-state index contributed by atoms with van der Waals surface area (Å²) in [6.07, 6.45) is 0. The first kappa shape index (κ1) is 8.96. The molecule has 0 spiro atoms. The molecule has 0 unspecified atom stereocenters. The first-order valence-corrected chi connectivity index (χ1v) is 4.20. The van der Waals surface area contributed by atoms with Crippen LogP contribution in [0.4, 0.5) is 0 Å². The number of aromatic nitrogens is 3. The normalized spacial score (nSPS) is 10.7. The van der Waals surface area contributed by atoms with E-state index < -0.39 is 5.97 Å². The van der Waals surface area contributed by atoms with Gasteiger partial charge in [0.1, 0.15) is 10.7 Å². The van der Waals surface area contributed by atoms with Crippen molar-refractivity contribution in [2.75, 3.05) is 0 Å². The van der Waals surface area contributed by atoms with Gasteiger partial charge in [0.15, 0.2) is 5.69 Å². The maximum atomic E-state index is 10.8. The number of nitrogens with zero attached hydrogens (tertiary/aromatic N) is 3. The second-order valence-electron chi connectivity index (χ2n) is 2.78. The maximum Gasteiger partial charge on any atom is 0.358 e. The van der Waals surface area contributed by atoms with Crippen molar-refractivity contribution in [1.29, 1.82) is 0 Å². The molecule has 2 heterocycles. The topological polar surface area (TPSA) is 68.0 Å². The number of carbonyl (C=O) groups is 1. The van der Waals surface area contributed by atoms with Gasteiger partial charge < -0.3 is 5.11 Å². The van der Waals surface area contributed by atoms with Crippen LogP contribution >= 0.6 is 11.6 Å². The van der Waals surface area contributed by atoms with Crippen molar-refractivity contribution in [3.8, 4) is 0 Å². The third-order valence-corrected chi connectivity index (χ3v) is 2.08. The zero-order valence-electron chi connectivity index (χ0n) is 7.23. The smallest absolute Gasteiger partial charge is 0.358 e. The van der Waals surface area contributed by atoms with Gasteiger partial charge in [0, 0.05) is 7.05 Å². The Morgan fingerprint density at radius 3 is 2.93 bits per heavy atom. The minimum atomic E-state index is -1.11. The van der Waals surface area contributed by atoms with Crippen LogP contribution < -0.4 is 0 Å². The van der Waals surface area contributed by atoms with Gasteiger partial charge in [-0.2, -0.15) is 5.10 Å². The van der Waals surface area contributed by atoms with Crippen LogP contribution in [0.15, 0.2) is 12.1 Å². The van der Waals surface area contributed by atoms with Crippen LogP contribution in [0.1, 0.15) is 10.5 Å². The summed E-state index contributed by atoms with van der Waals surface area (Å²) >= 11 is 5.66. The summed E-state index contributed by atoms with van der Waals surface area (Å²) in [6, 6.07) is 3.28. The Morgan fingerprint density at radius 1 is 1.57 bits per heavy atom. The van der Waals surface area contributed by atoms with Crippen molar-refractivity contribution in [3.63, 3.8) is 0 Å². The second-order valence-corrected chi connectivity index (χ2v) is 3.17. The fourth-order valence-electron chi connectivity index (χ4n) is 1.26. The van der Waals surface area contributed by atoms with Gasteiger partial charge in [0.25, 0.3) is 0 Å². The lowest BCUT2D eigenvalue weighted by molar-refractivity contribution is 0.0691. The zero-order valence-corrected chi connectivity index (χ0v) is 7.99. The molecule has 0 bridgehead atoms. The van der Waals surface area contributed by atoms with E-state index in [9.17, 15) is 4.79 Å². The van der Waals surface area contributed by atoms with Crippen LogP contribution in [0, 0.1) is 0 Å². The quantitative estimate of drug-likeness (QED) is 0.723. The highest BCUT2D eigenvalue weighted by atomic mass is 35.5. The molecule has 0 aliphatic heterocycles. The molecule has 0 aliphatic rings. The number of rotatable bonds is 1. The third kappa shape index (κ3) is 1.22. The van der Waals surface area contributed by atoms with Crippen molar-refractivity contribution < 1.29 is 9.90 Å². The summed E-state index contributed by atoms with van der Waals surface area (Å²) in [5.41, 5.74) is 0.879. The van der Waals surface area contributed by atoms with Crippen molar-refractivity contribution in [1.82, 2.24) is 14.8 Å². The highest BCUT2D eigenvalue weighted by molar-refractivity contribution is 6.29. The van der Waals surface area contributed by atoms with Gasteiger partial charge in [-0.3, -0.25) is 4.68 Å². The minimum Gasteiger partial charge on any atom is -0.476 e. The summed E-state index contributed by atoms with van der Waals surface area (Å²) in [6.45, 7) is 0. The largest absolute Gasteiger partial charge is 0.476 e. The molecule has 0 aromatic carbocycles. The second kappa shape index (κ2) is 2.95. The zero-order chi connectivity index (χ0) is 10.3. The lowest BCUT2D eigenvalue weighted by Crippen LogP contribution is -1.99. The van der Waals surface area contributed by atoms with E-state index >= 15 is 0 Å². The van der Waals surface area contributed by atoms with E-state index in [1.807, 2.05) is 0 Å². The van der Waals surface area contributed by atoms with E-state index in [4.69, 9.17) is 16.7 Å². The molecule has 2 aromatic heterocycles. The number of halogens is 1. The van der Waals surface area contributed by atoms with Gasteiger partial charge in [0.05, 0.1) is 5.52 Å². The summed E-state index contributed by atoms with van der Waals surface area (Å²) < 4.78 is 1.46. The van der Waals surface area contributed by atoms with E-state index in [1.54, 1.807) is 19.2 Å². The summed E-state index contributed by atoms with van der Waals surface area (Å²) in [4.78, 5) is 14.7. The molecule has 0 radical (unpaired) electrons. The Morgan fingerprint density at radius 2 is 2.29 bits per heavy atom. The van der Waals surface area contributed by atoms with Crippen LogP contribution in [-0.4, -0.2) is 25.8 Å². The van der Waals surface area contributed by atoms with E-state index in [-0.39, 0.29) is 10.8 Å². The van der Waals surface area contributed by atoms with Crippen LogP contribution in [0.25, 0.3) is 11.0 Å². The first-order valence-electron chi connectivity index (χ1n) is 3.82. The highest BCUT2D eigenvalue weighted by Crippen LogP contribution is 2.18. The molecule has 1 N–H and O–H groups in total. The van der Waals surface area contributed by atoms with Crippen LogP contribution in [0.2, 0.25) is 5.15 Å². The monoisotopic (exact) mass is 211 g/mol. The molecule has 0 fully saturated rings. The predicted molar refractivity (Wildman–Crippen MR) is 50.5 cm³/mol. The fourth-order valence-corrected chi connectivity index (χ4v) is 1.41. The summed E-state index contributed by atoms with van der Waals surface area (Å²) in [5.74, 6) is -1.11. The maximum absolute atomic E-state index is 10.8. The molecule has 5 nitrogen and oxygen atoms in total. The van der Waals surface area contributed by atoms with Gasteiger partial charge >= 0.3 is 5.97 Å². The molecule has 14 heavy (non-hydrogen) atoms. The Labute approximate surface area is 83.9 Å². The van der Waals surface area contributed by atoms with Gasteiger partial charge in [-0.25, -0.2) is 9.78 Å². The van der Waals surface area contributed by atoms with Gasteiger partial charge in [-0.15, -0.1) is 0 Å². The molecule has 2 rings (SSSR count). The number of carboxylic acids is 1. The first-order chi connectivity index (χ1) is 6.59. The average molecular weight is 212 g/mol. The molecule has 6 heteroatoms. The lowest BCUT2D eigenvalue weighted by Gasteiger charge is -1.92. The van der Waals surface area contributed by atoms with Crippen molar-refractivity contribution in [2.45, 2.75) is 0 Å². The average Bonchev–Trinajstić information content (AvgIpc) is 2.43. The fraction of sp³-hybridized carbons (Fsp3) is 0.125. The molecule has 72 valence electrons. The van der Waals surface area contributed by atoms with E-state index in [1.165, 1.54) is 4.68 Å². The molecule has 0 aliphatic carbocycles. The molecule has 0 amide bonds. The van der Waals surface area contributed by atoms with Crippen LogP contribution in [-0.2, 0) is 7.05 Å². The van der Waals surface area contributed by atoms with E-state index in [0.29, 0.717) is 11.0 Å². The molecular weight excluding hydrogens is 206 g/mol. The molecule has 2 aromatic rings. The molecule has 0 atom stereocenters. The lowest BCUT2D eigenvalue weighted by atomic mass is 10.3.